The van der Waals surface area contributed by atoms with Crippen molar-refractivity contribution in [2.75, 3.05) is 0 Å². The predicted molar refractivity (Wildman–Crippen MR) is 241 cm³/mol. The average Bonchev–Trinajstić information content (AvgIpc) is 3.73. The van der Waals surface area contributed by atoms with Crippen LogP contribution in [-0.2, 0) is 5.41 Å². The summed E-state index contributed by atoms with van der Waals surface area (Å²) < 4.78 is 2.42. The first kappa shape index (κ1) is 32.8. The van der Waals surface area contributed by atoms with Gasteiger partial charge in [-0.3, -0.25) is 0 Å². The van der Waals surface area contributed by atoms with Crippen LogP contribution in [0.4, 0.5) is 0 Å². The van der Waals surface area contributed by atoms with Crippen LogP contribution in [0.3, 0.4) is 0 Å². The van der Waals surface area contributed by atoms with Crippen LogP contribution in [0.25, 0.3) is 105 Å². The van der Waals surface area contributed by atoms with Crippen LogP contribution < -0.4 is 0 Å². The van der Waals surface area contributed by atoms with E-state index in [1.807, 2.05) is 18.2 Å². The first-order valence-electron chi connectivity index (χ1n) is 19.9. The van der Waals surface area contributed by atoms with E-state index in [-0.39, 0.29) is 5.41 Å². The van der Waals surface area contributed by atoms with Gasteiger partial charge < -0.3 is 4.57 Å². The molecule has 0 atom stereocenters. The molecule has 0 radical (unpaired) electrons. The van der Waals surface area contributed by atoms with Crippen LogP contribution in [0.2, 0.25) is 0 Å². The number of fused-ring (bicyclic) bond motifs is 11. The lowest BCUT2D eigenvalue weighted by Gasteiger charge is -2.23. The van der Waals surface area contributed by atoms with Gasteiger partial charge in [0, 0.05) is 38.6 Å². The van der Waals surface area contributed by atoms with Crippen molar-refractivity contribution in [3.63, 3.8) is 0 Å². The van der Waals surface area contributed by atoms with Crippen LogP contribution in [0.5, 0.6) is 0 Å². The molecule has 1 aliphatic carbocycles. The molecule has 0 spiro atoms. The normalized spacial score (nSPS) is 13.1. The maximum absolute atomic E-state index is 5.29. The summed E-state index contributed by atoms with van der Waals surface area (Å²) in [4.78, 5) is 15.6. The second kappa shape index (κ2) is 12.3. The second-order valence-corrected chi connectivity index (χ2v) is 16.0. The summed E-state index contributed by atoms with van der Waals surface area (Å²) in [5.74, 6) is 1.93. The monoisotopic (exact) mass is 740 g/mol. The van der Waals surface area contributed by atoms with Crippen LogP contribution in [0, 0.1) is 0 Å². The molecular weight excluding hydrogens is 705 g/mol. The molecule has 0 unspecified atom stereocenters. The average molecular weight is 741 g/mol. The van der Waals surface area contributed by atoms with Crippen molar-refractivity contribution >= 4 is 54.1 Å². The summed E-state index contributed by atoms with van der Waals surface area (Å²) in [6, 6.07) is 65.3. The van der Waals surface area contributed by atoms with E-state index in [0.29, 0.717) is 17.5 Å². The molecular formula is C54H36N4. The zero-order chi connectivity index (χ0) is 38.5. The summed E-state index contributed by atoms with van der Waals surface area (Å²) in [5.41, 5.74) is 11.5. The minimum absolute atomic E-state index is 0.176. The lowest BCUT2D eigenvalue weighted by atomic mass is 9.80. The number of rotatable bonds is 4. The summed E-state index contributed by atoms with van der Waals surface area (Å²) in [6.45, 7) is 4.76. The molecule has 0 amide bonds. The summed E-state index contributed by atoms with van der Waals surface area (Å²) in [5, 5.41) is 9.74. The Bertz CT molecular complexity index is 3490. The van der Waals surface area contributed by atoms with Gasteiger partial charge in [-0.05, 0) is 91.0 Å². The Morgan fingerprint density at radius 1 is 0.379 bits per heavy atom. The molecule has 4 heteroatoms. The topological polar surface area (TPSA) is 43.6 Å². The van der Waals surface area contributed by atoms with Crippen LogP contribution in [0.1, 0.15) is 25.0 Å². The van der Waals surface area contributed by atoms with Crippen molar-refractivity contribution in [3.05, 3.63) is 193 Å². The van der Waals surface area contributed by atoms with Gasteiger partial charge in [-0.25, -0.2) is 15.0 Å². The van der Waals surface area contributed by atoms with Gasteiger partial charge in [0.05, 0.1) is 11.0 Å². The fraction of sp³-hybridized carbons (Fsp3) is 0.0556. The van der Waals surface area contributed by atoms with Crippen molar-refractivity contribution < 1.29 is 0 Å². The van der Waals surface area contributed by atoms with Gasteiger partial charge >= 0.3 is 0 Å². The summed E-state index contributed by atoms with van der Waals surface area (Å²) >= 11 is 0. The molecule has 2 aromatic heterocycles. The standard InChI is InChI=1S/C54H36N4/c1-54(2)47-32-49-45(31-44(47)43-28-27-33-15-6-9-22-39(33)50(43)54)42-25-12-13-26-48(42)58(49)37-20-14-19-36(29-37)52-55-51(34-16-4-3-5-17-34)56-53(57-52)46-30-35-18-7-8-21-38(35)40-23-10-11-24-41(40)46/h3-32H,1-2H3. The Kier molecular flexibility index (Phi) is 6.94. The fourth-order valence-electron chi connectivity index (χ4n) is 9.70. The molecule has 58 heavy (non-hydrogen) atoms. The molecule has 1 aliphatic rings. The van der Waals surface area contributed by atoms with E-state index in [2.05, 4.69) is 182 Å². The third-order valence-electron chi connectivity index (χ3n) is 12.4. The maximum Gasteiger partial charge on any atom is 0.164 e. The number of aromatic nitrogens is 4. The molecule has 0 N–H and O–H groups in total. The third-order valence-corrected chi connectivity index (χ3v) is 12.4. The van der Waals surface area contributed by atoms with Crippen LogP contribution >= 0.6 is 0 Å². The smallest absolute Gasteiger partial charge is 0.164 e. The minimum Gasteiger partial charge on any atom is -0.309 e. The molecule has 12 rings (SSSR count). The first-order valence-corrected chi connectivity index (χ1v) is 19.9. The fourth-order valence-corrected chi connectivity index (χ4v) is 9.70. The first-order chi connectivity index (χ1) is 28.5. The summed E-state index contributed by atoms with van der Waals surface area (Å²) in [7, 11) is 0. The lowest BCUT2D eigenvalue weighted by molar-refractivity contribution is 0.667. The van der Waals surface area contributed by atoms with Gasteiger partial charge in [-0.2, -0.15) is 0 Å². The number of para-hydroxylation sites is 1. The molecule has 0 saturated carbocycles. The van der Waals surface area contributed by atoms with Crippen LogP contribution in [-0.4, -0.2) is 19.5 Å². The van der Waals surface area contributed by atoms with E-state index >= 15 is 0 Å². The molecule has 9 aromatic carbocycles. The molecule has 0 bridgehead atoms. The van der Waals surface area contributed by atoms with E-state index < -0.39 is 0 Å². The molecule has 11 aromatic rings. The Labute approximate surface area is 335 Å². The van der Waals surface area contributed by atoms with Gasteiger partial charge in [0.25, 0.3) is 0 Å². The highest BCUT2D eigenvalue weighted by Gasteiger charge is 2.37. The molecule has 0 fully saturated rings. The van der Waals surface area contributed by atoms with E-state index in [0.717, 1.165) is 33.2 Å². The Morgan fingerprint density at radius 3 is 1.84 bits per heavy atom. The minimum atomic E-state index is -0.176. The zero-order valence-corrected chi connectivity index (χ0v) is 32.1. The van der Waals surface area contributed by atoms with Crippen molar-refractivity contribution in [1.29, 1.82) is 0 Å². The molecule has 2 heterocycles. The number of nitrogens with zero attached hydrogens (tertiary/aromatic N) is 4. The second-order valence-electron chi connectivity index (χ2n) is 16.0. The summed E-state index contributed by atoms with van der Waals surface area (Å²) in [6.07, 6.45) is 0. The molecule has 0 saturated heterocycles. The number of hydrogen-bond acceptors (Lipinski definition) is 3. The maximum atomic E-state index is 5.29. The highest BCUT2D eigenvalue weighted by Crippen LogP contribution is 2.53. The number of hydrogen-bond donors (Lipinski definition) is 0. The predicted octanol–water partition coefficient (Wildman–Crippen LogP) is 13.7. The van der Waals surface area contributed by atoms with E-state index in [4.69, 9.17) is 15.0 Å². The Balaban J connectivity index is 1.07. The quantitative estimate of drug-likeness (QED) is 0.169. The van der Waals surface area contributed by atoms with Gasteiger partial charge in [-0.15, -0.1) is 0 Å². The van der Waals surface area contributed by atoms with Gasteiger partial charge in [0.1, 0.15) is 0 Å². The van der Waals surface area contributed by atoms with E-state index in [9.17, 15) is 0 Å². The van der Waals surface area contributed by atoms with Crippen molar-refractivity contribution in [1.82, 2.24) is 19.5 Å². The van der Waals surface area contributed by atoms with Gasteiger partial charge in [0.2, 0.25) is 0 Å². The van der Waals surface area contributed by atoms with E-state index in [1.165, 1.54) is 65.6 Å². The van der Waals surface area contributed by atoms with E-state index in [1.54, 1.807) is 0 Å². The lowest BCUT2D eigenvalue weighted by Crippen LogP contribution is -2.15. The highest BCUT2D eigenvalue weighted by molar-refractivity contribution is 6.14. The largest absolute Gasteiger partial charge is 0.309 e. The number of benzene rings is 9. The van der Waals surface area contributed by atoms with Crippen molar-refractivity contribution in [3.8, 4) is 51.0 Å². The molecule has 4 nitrogen and oxygen atoms in total. The van der Waals surface area contributed by atoms with Gasteiger partial charge in [0.15, 0.2) is 17.5 Å². The molecule has 0 aliphatic heterocycles. The Hall–Kier alpha value is -7.43. The van der Waals surface area contributed by atoms with Crippen molar-refractivity contribution in [2.45, 2.75) is 19.3 Å². The Morgan fingerprint density at radius 2 is 1.02 bits per heavy atom. The zero-order valence-electron chi connectivity index (χ0n) is 32.1. The highest BCUT2D eigenvalue weighted by atomic mass is 15.0. The SMILES string of the molecule is CC1(C)c2cc3c(cc2-c2ccc4ccccc4c21)c1ccccc1n3-c1cccc(-c2nc(-c3ccccc3)nc(-c3cc4ccccc4c4ccccc34)n2)c1. The third kappa shape index (κ3) is 4.78. The van der Waals surface area contributed by atoms with Crippen LogP contribution in [0.15, 0.2) is 182 Å². The van der Waals surface area contributed by atoms with Gasteiger partial charge in [-0.1, -0.05) is 159 Å². The van der Waals surface area contributed by atoms with Crippen molar-refractivity contribution in [2.24, 2.45) is 0 Å². The molecule has 272 valence electrons.